The number of hydrogen-bond donors (Lipinski definition) is 1. The van der Waals surface area contributed by atoms with Gasteiger partial charge in [-0.05, 0) is 11.6 Å². The molecule has 2 aromatic rings. The zero-order chi connectivity index (χ0) is 11.4. The Labute approximate surface area is 94.1 Å². The first-order valence-electron chi connectivity index (χ1n) is 4.97. The summed E-state index contributed by atoms with van der Waals surface area (Å²) in [5, 5.41) is 0. The van der Waals surface area contributed by atoms with Gasteiger partial charge in [-0.15, -0.1) is 0 Å². The van der Waals surface area contributed by atoms with Crippen LogP contribution in [0.4, 0.5) is 5.95 Å². The predicted octanol–water partition coefficient (Wildman–Crippen LogP) is 1.79. The first kappa shape index (κ1) is 10.6. The molecule has 16 heavy (non-hydrogen) atoms. The van der Waals surface area contributed by atoms with Crippen LogP contribution in [0.3, 0.4) is 0 Å². The van der Waals surface area contributed by atoms with Gasteiger partial charge in [0.15, 0.2) is 0 Å². The first-order chi connectivity index (χ1) is 7.81. The van der Waals surface area contributed by atoms with Gasteiger partial charge < -0.3 is 10.5 Å². The maximum absolute atomic E-state index is 5.55. The highest BCUT2D eigenvalue weighted by Gasteiger charge is 2.14. The average molecular weight is 215 g/mol. The molecule has 0 amide bonds. The standard InChI is InChI=1S/C12H13N3O/c1-16-11(9-5-3-2-4-6-9)10-7-8-14-12(13)15-10/h2-8,11H,1H3,(H2,13,14,15). The fraction of sp³-hybridized carbons (Fsp3) is 0.167. The number of ether oxygens (including phenoxy) is 1. The van der Waals surface area contributed by atoms with Crippen LogP contribution >= 0.6 is 0 Å². The Hall–Kier alpha value is -1.94. The summed E-state index contributed by atoms with van der Waals surface area (Å²) in [6, 6.07) is 11.7. The zero-order valence-corrected chi connectivity index (χ0v) is 9.00. The van der Waals surface area contributed by atoms with Crippen molar-refractivity contribution in [3.8, 4) is 0 Å². The Kier molecular flexibility index (Phi) is 3.12. The number of hydrogen-bond acceptors (Lipinski definition) is 4. The quantitative estimate of drug-likeness (QED) is 0.848. The van der Waals surface area contributed by atoms with E-state index in [0.29, 0.717) is 0 Å². The Morgan fingerprint density at radius 2 is 1.94 bits per heavy atom. The van der Waals surface area contributed by atoms with Crippen LogP contribution in [0.1, 0.15) is 17.4 Å². The second-order valence-electron chi connectivity index (χ2n) is 3.37. The summed E-state index contributed by atoms with van der Waals surface area (Å²) >= 11 is 0. The van der Waals surface area contributed by atoms with Crippen LogP contribution in [0.25, 0.3) is 0 Å². The Bertz CT molecular complexity index is 459. The van der Waals surface area contributed by atoms with Gasteiger partial charge >= 0.3 is 0 Å². The van der Waals surface area contributed by atoms with Gasteiger partial charge in [-0.2, -0.15) is 0 Å². The molecular formula is C12H13N3O. The molecule has 0 fully saturated rings. The molecule has 0 aliphatic heterocycles. The number of nitrogens with zero attached hydrogens (tertiary/aromatic N) is 2. The number of rotatable bonds is 3. The number of nitrogen functional groups attached to an aromatic ring is 1. The second-order valence-corrected chi connectivity index (χ2v) is 3.37. The molecule has 1 atom stereocenters. The maximum Gasteiger partial charge on any atom is 0.220 e. The van der Waals surface area contributed by atoms with Crippen LogP contribution in [0.2, 0.25) is 0 Å². The topological polar surface area (TPSA) is 61.0 Å². The summed E-state index contributed by atoms with van der Waals surface area (Å²) in [7, 11) is 1.65. The van der Waals surface area contributed by atoms with E-state index in [1.54, 1.807) is 19.4 Å². The Balaban J connectivity index is 2.37. The minimum absolute atomic E-state index is 0.202. The van der Waals surface area contributed by atoms with E-state index in [1.165, 1.54) is 0 Å². The van der Waals surface area contributed by atoms with E-state index in [0.717, 1.165) is 11.3 Å². The van der Waals surface area contributed by atoms with Crippen molar-refractivity contribution in [3.63, 3.8) is 0 Å². The van der Waals surface area contributed by atoms with Crippen LogP contribution in [0.15, 0.2) is 42.6 Å². The molecule has 1 aromatic heterocycles. The molecule has 0 aliphatic carbocycles. The van der Waals surface area contributed by atoms with E-state index < -0.39 is 0 Å². The third kappa shape index (κ3) is 2.17. The van der Waals surface area contributed by atoms with Crippen molar-refractivity contribution in [1.82, 2.24) is 9.97 Å². The van der Waals surface area contributed by atoms with Gasteiger partial charge in [-0.1, -0.05) is 30.3 Å². The molecule has 4 nitrogen and oxygen atoms in total. The van der Waals surface area contributed by atoms with E-state index in [2.05, 4.69) is 9.97 Å². The summed E-state index contributed by atoms with van der Waals surface area (Å²) in [5.74, 6) is 0.260. The molecule has 1 unspecified atom stereocenters. The van der Waals surface area contributed by atoms with Gasteiger partial charge in [0, 0.05) is 13.3 Å². The minimum Gasteiger partial charge on any atom is -0.370 e. The largest absolute Gasteiger partial charge is 0.370 e. The third-order valence-electron chi connectivity index (χ3n) is 2.30. The highest BCUT2D eigenvalue weighted by atomic mass is 16.5. The van der Waals surface area contributed by atoms with Crippen molar-refractivity contribution in [2.24, 2.45) is 0 Å². The van der Waals surface area contributed by atoms with E-state index in [1.807, 2.05) is 30.3 Å². The lowest BCUT2D eigenvalue weighted by Gasteiger charge is -2.14. The molecule has 0 aliphatic rings. The monoisotopic (exact) mass is 215 g/mol. The van der Waals surface area contributed by atoms with E-state index >= 15 is 0 Å². The van der Waals surface area contributed by atoms with Crippen molar-refractivity contribution in [2.75, 3.05) is 12.8 Å². The van der Waals surface area contributed by atoms with Crippen LogP contribution in [0, 0.1) is 0 Å². The van der Waals surface area contributed by atoms with Gasteiger partial charge in [0.2, 0.25) is 5.95 Å². The van der Waals surface area contributed by atoms with Crippen molar-refractivity contribution in [1.29, 1.82) is 0 Å². The fourth-order valence-corrected chi connectivity index (χ4v) is 1.59. The smallest absolute Gasteiger partial charge is 0.220 e. The molecule has 2 N–H and O–H groups in total. The molecule has 0 radical (unpaired) electrons. The summed E-state index contributed by atoms with van der Waals surface area (Å²) in [6.45, 7) is 0. The molecule has 2 rings (SSSR count). The second kappa shape index (κ2) is 4.72. The summed E-state index contributed by atoms with van der Waals surface area (Å²) < 4.78 is 5.43. The van der Waals surface area contributed by atoms with Gasteiger partial charge in [0.1, 0.15) is 6.10 Å². The summed E-state index contributed by atoms with van der Waals surface area (Å²) in [5.41, 5.74) is 7.36. The molecule has 0 saturated carbocycles. The molecular weight excluding hydrogens is 202 g/mol. The summed E-state index contributed by atoms with van der Waals surface area (Å²) in [4.78, 5) is 8.02. The van der Waals surface area contributed by atoms with Crippen LogP contribution < -0.4 is 5.73 Å². The SMILES string of the molecule is COC(c1ccccc1)c1ccnc(N)n1. The number of aromatic nitrogens is 2. The van der Waals surface area contributed by atoms with Crippen LogP contribution in [-0.2, 0) is 4.74 Å². The predicted molar refractivity (Wildman–Crippen MR) is 61.7 cm³/mol. The van der Waals surface area contributed by atoms with Crippen molar-refractivity contribution in [3.05, 3.63) is 53.9 Å². The van der Waals surface area contributed by atoms with E-state index in [9.17, 15) is 0 Å². The lowest BCUT2D eigenvalue weighted by molar-refractivity contribution is 0.133. The maximum atomic E-state index is 5.55. The number of anilines is 1. The third-order valence-corrected chi connectivity index (χ3v) is 2.30. The van der Waals surface area contributed by atoms with Gasteiger partial charge in [0.05, 0.1) is 5.69 Å². The molecule has 0 saturated heterocycles. The molecule has 1 heterocycles. The number of nitrogens with two attached hydrogens (primary N) is 1. The number of benzene rings is 1. The van der Waals surface area contributed by atoms with Crippen LogP contribution in [0.5, 0.6) is 0 Å². The molecule has 4 heteroatoms. The molecule has 0 bridgehead atoms. The summed E-state index contributed by atoms with van der Waals surface area (Å²) in [6.07, 6.45) is 1.43. The zero-order valence-electron chi connectivity index (χ0n) is 9.00. The Morgan fingerprint density at radius 1 is 1.19 bits per heavy atom. The van der Waals surface area contributed by atoms with Crippen molar-refractivity contribution >= 4 is 5.95 Å². The van der Waals surface area contributed by atoms with Crippen molar-refractivity contribution < 1.29 is 4.74 Å². The lowest BCUT2D eigenvalue weighted by atomic mass is 10.1. The Morgan fingerprint density at radius 3 is 2.56 bits per heavy atom. The lowest BCUT2D eigenvalue weighted by Crippen LogP contribution is -2.07. The number of methoxy groups -OCH3 is 1. The van der Waals surface area contributed by atoms with Crippen molar-refractivity contribution in [2.45, 2.75) is 6.10 Å². The molecule has 82 valence electrons. The normalized spacial score (nSPS) is 12.3. The fourth-order valence-electron chi connectivity index (χ4n) is 1.59. The molecule has 0 spiro atoms. The van der Waals surface area contributed by atoms with Gasteiger partial charge in [0.25, 0.3) is 0 Å². The van der Waals surface area contributed by atoms with Gasteiger partial charge in [-0.25, -0.2) is 9.97 Å². The molecule has 1 aromatic carbocycles. The highest BCUT2D eigenvalue weighted by Crippen LogP contribution is 2.23. The first-order valence-corrected chi connectivity index (χ1v) is 4.97. The van der Waals surface area contributed by atoms with Gasteiger partial charge in [-0.3, -0.25) is 0 Å². The van der Waals surface area contributed by atoms with E-state index in [4.69, 9.17) is 10.5 Å². The van der Waals surface area contributed by atoms with Crippen LogP contribution in [-0.4, -0.2) is 17.1 Å². The average Bonchev–Trinajstić information content (AvgIpc) is 2.31. The minimum atomic E-state index is -0.202. The van der Waals surface area contributed by atoms with E-state index in [-0.39, 0.29) is 12.1 Å². The highest BCUT2D eigenvalue weighted by molar-refractivity contribution is 5.28.